The number of halogens is 1. The highest BCUT2D eigenvalue weighted by Crippen LogP contribution is 2.13. The highest BCUT2D eigenvalue weighted by atomic mass is 19.1. The molecule has 0 radical (unpaired) electrons. The van der Waals surface area contributed by atoms with Crippen molar-refractivity contribution in [3.05, 3.63) is 65.5 Å². The van der Waals surface area contributed by atoms with E-state index in [-0.39, 0.29) is 11.5 Å². The molecule has 0 aliphatic heterocycles. The third kappa shape index (κ3) is 4.07. The molecule has 2 rings (SSSR count). The van der Waals surface area contributed by atoms with E-state index in [2.05, 4.69) is 17.0 Å². The first kappa shape index (κ1) is 13.6. The van der Waals surface area contributed by atoms with Gasteiger partial charge < -0.3 is 10.6 Å². The third-order valence-corrected chi connectivity index (χ3v) is 3.14. The van der Waals surface area contributed by atoms with Crippen LogP contribution in [0.2, 0.25) is 0 Å². The average Bonchev–Trinajstić information content (AvgIpc) is 2.42. The van der Waals surface area contributed by atoms with Gasteiger partial charge in [0, 0.05) is 13.1 Å². The van der Waals surface area contributed by atoms with E-state index in [9.17, 15) is 4.39 Å². The topological polar surface area (TPSA) is 29.3 Å². The van der Waals surface area contributed by atoms with E-state index in [0.29, 0.717) is 0 Å². The summed E-state index contributed by atoms with van der Waals surface area (Å²) in [5.41, 5.74) is 7.93. The average molecular weight is 258 g/mol. The highest BCUT2D eigenvalue weighted by molar-refractivity contribution is 5.41. The minimum Gasteiger partial charge on any atom is -0.396 e. The fraction of sp³-hybridized carbons (Fsp3) is 0.250. The monoisotopic (exact) mass is 258 g/mol. The van der Waals surface area contributed by atoms with Gasteiger partial charge in [-0.2, -0.15) is 0 Å². The lowest BCUT2D eigenvalue weighted by Crippen LogP contribution is -2.20. The molecule has 0 fully saturated rings. The van der Waals surface area contributed by atoms with Crippen LogP contribution in [-0.4, -0.2) is 18.5 Å². The van der Waals surface area contributed by atoms with Gasteiger partial charge in [-0.05, 0) is 36.7 Å². The molecule has 0 atom stereocenters. The van der Waals surface area contributed by atoms with Crippen LogP contribution in [0, 0.1) is 5.82 Å². The number of hydrogen-bond donors (Lipinski definition) is 1. The predicted molar refractivity (Wildman–Crippen MR) is 77.3 cm³/mol. The molecular formula is C16H19FN2. The van der Waals surface area contributed by atoms with Crippen LogP contribution in [0.1, 0.15) is 11.1 Å². The molecule has 0 saturated heterocycles. The lowest BCUT2D eigenvalue weighted by atomic mass is 10.1. The molecule has 0 saturated carbocycles. The van der Waals surface area contributed by atoms with Crippen molar-refractivity contribution in [2.75, 3.05) is 19.3 Å². The first-order valence-electron chi connectivity index (χ1n) is 6.41. The van der Waals surface area contributed by atoms with Crippen LogP contribution < -0.4 is 5.73 Å². The Morgan fingerprint density at radius 2 is 1.79 bits per heavy atom. The molecule has 2 nitrogen and oxygen atoms in total. The molecule has 0 amide bonds. The molecule has 3 heteroatoms. The zero-order valence-corrected chi connectivity index (χ0v) is 11.1. The molecule has 0 bridgehead atoms. The fourth-order valence-electron chi connectivity index (χ4n) is 2.02. The summed E-state index contributed by atoms with van der Waals surface area (Å²) in [6.07, 6.45) is 0.995. The van der Waals surface area contributed by atoms with Crippen molar-refractivity contribution in [3.63, 3.8) is 0 Å². The number of anilines is 1. The summed E-state index contributed by atoms with van der Waals surface area (Å²) in [5.74, 6) is -0.339. The summed E-state index contributed by atoms with van der Waals surface area (Å²) in [4.78, 5) is 2.18. The summed E-state index contributed by atoms with van der Waals surface area (Å²) >= 11 is 0. The molecule has 2 N–H and O–H groups in total. The molecule has 0 unspecified atom stereocenters. The molecule has 0 aliphatic rings. The number of hydrogen-bond acceptors (Lipinski definition) is 2. The van der Waals surface area contributed by atoms with Gasteiger partial charge in [-0.25, -0.2) is 4.39 Å². The van der Waals surface area contributed by atoms with Crippen LogP contribution in [0.4, 0.5) is 10.1 Å². The van der Waals surface area contributed by atoms with Gasteiger partial charge in [0.05, 0.1) is 5.69 Å². The van der Waals surface area contributed by atoms with E-state index >= 15 is 0 Å². The Balaban J connectivity index is 1.87. The van der Waals surface area contributed by atoms with E-state index in [1.807, 2.05) is 31.3 Å². The maximum absolute atomic E-state index is 13.3. The van der Waals surface area contributed by atoms with Gasteiger partial charge in [0.15, 0.2) is 0 Å². The van der Waals surface area contributed by atoms with Gasteiger partial charge in [0.2, 0.25) is 0 Å². The first-order chi connectivity index (χ1) is 9.15. The van der Waals surface area contributed by atoms with Crippen molar-refractivity contribution in [1.29, 1.82) is 0 Å². The summed E-state index contributed by atoms with van der Waals surface area (Å²) < 4.78 is 13.3. The van der Waals surface area contributed by atoms with E-state index < -0.39 is 0 Å². The number of benzene rings is 2. The second kappa shape index (κ2) is 6.34. The normalized spacial score (nSPS) is 10.9. The third-order valence-electron chi connectivity index (χ3n) is 3.14. The second-order valence-corrected chi connectivity index (χ2v) is 4.83. The number of nitrogens with two attached hydrogens (primary N) is 1. The van der Waals surface area contributed by atoms with Crippen molar-refractivity contribution >= 4 is 5.69 Å². The Hall–Kier alpha value is -1.87. The van der Waals surface area contributed by atoms with E-state index in [1.165, 1.54) is 11.6 Å². The molecule has 19 heavy (non-hydrogen) atoms. The number of likely N-dealkylation sites (N-methyl/N-ethyl adjacent to an activating group) is 1. The van der Waals surface area contributed by atoms with Gasteiger partial charge >= 0.3 is 0 Å². The minimum absolute atomic E-state index is 0.204. The summed E-state index contributed by atoms with van der Waals surface area (Å²) in [6, 6.07) is 15.4. The molecule has 100 valence electrons. The van der Waals surface area contributed by atoms with Gasteiger partial charge in [-0.15, -0.1) is 0 Å². The van der Waals surface area contributed by atoms with Crippen molar-refractivity contribution in [3.8, 4) is 0 Å². The van der Waals surface area contributed by atoms with Crippen molar-refractivity contribution in [2.45, 2.75) is 13.0 Å². The van der Waals surface area contributed by atoms with Gasteiger partial charge in [-0.1, -0.05) is 36.4 Å². The van der Waals surface area contributed by atoms with E-state index in [4.69, 9.17) is 5.73 Å². The van der Waals surface area contributed by atoms with Crippen LogP contribution >= 0.6 is 0 Å². The number of rotatable bonds is 5. The maximum Gasteiger partial charge on any atom is 0.146 e. The highest BCUT2D eigenvalue weighted by Gasteiger charge is 2.04. The number of nitrogens with zero attached hydrogens (tertiary/aromatic N) is 1. The molecule has 2 aromatic rings. The van der Waals surface area contributed by atoms with Gasteiger partial charge in [0.25, 0.3) is 0 Å². The molecular weight excluding hydrogens is 239 g/mol. The Morgan fingerprint density at radius 3 is 2.47 bits per heavy atom. The quantitative estimate of drug-likeness (QED) is 0.835. The lowest BCUT2D eigenvalue weighted by molar-refractivity contribution is 0.330. The fourth-order valence-corrected chi connectivity index (χ4v) is 2.02. The maximum atomic E-state index is 13.3. The van der Waals surface area contributed by atoms with Crippen molar-refractivity contribution in [2.24, 2.45) is 0 Å². The van der Waals surface area contributed by atoms with E-state index in [1.54, 1.807) is 6.07 Å². The standard InChI is InChI=1S/C16H19FN2/c1-19(10-9-13-5-3-2-4-6-13)12-14-7-8-16(18)15(17)11-14/h2-8,11H,9-10,12,18H2,1H3. The Labute approximate surface area is 113 Å². The van der Waals surface area contributed by atoms with Gasteiger partial charge in [-0.3, -0.25) is 0 Å². The molecule has 2 aromatic carbocycles. The van der Waals surface area contributed by atoms with Crippen LogP contribution in [0.5, 0.6) is 0 Å². The number of nitrogen functional groups attached to an aromatic ring is 1. The SMILES string of the molecule is CN(CCc1ccccc1)Cc1ccc(N)c(F)c1. The van der Waals surface area contributed by atoms with Crippen LogP contribution in [0.3, 0.4) is 0 Å². The largest absolute Gasteiger partial charge is 0.396 e. The van der Waals surface area contributed by atoms with Gasteiger partial charge in [0.1, 0.15) is 5.82 Å². The second-order valence-electron chi connectivity index (χ2n) is 4.83. The zero-order chi connectivity index (χ0) is 13.7. The minimum atomic E-state index is -0.339. The Bertz CT molecular complexity index is 526. The van der Waals surface area contributed by atoms with Crippen molar-refractivity contribution in [1.82, 2.24) is 4.90 Å². The Kier molecular flexibility index (Phi) is 4.53. The Morgan fingerprint density at radius 1 is 1.05 bits per heavy atom. The lowest BCUT2D eigenvalue weighted by Gasteiger charge is -2.17. The van der Waals surface area contributed by atoms with Crippen molar-refractivity contribution < 1.29 is 4.39 Å². The summed E-state index contributed by atoms with van der Waals surface area (Å²) in [5, 5.41) is 0. The zero-order valence-electron chi connectivity index (χ0n) is 11.1. The van der Waals surface area contributed by atoms with Crippen LogP contribution in [-0.2, 0) is 13.0 Å². The summed E-state index contributed by atoms with van der Waals surface area (Å²) in [6.45, 7) is 1.67. The molecule has 0 aromatic heterocycles. The van der Waals surface area contributed by atoms with Crippen LogP contribution in [0.25, 0.3) is 0 Å². The molecule has 0 spiro atoms. The molecule has 0 heterocycles. The summed E-state index contributed by atoms with van der Waals surface area (Å²) in [7, 11) is 2.04. The molecule has 0 aliphatic carbocycles. The van der Waals surface area contributed by atoms with E-state index in [0.717, 1.165) is 25.1 Å². The first-order valence-corrected chi connectivity index (χ1v) is 6.41. The predicted octanol–water partition coefficient (Wildman–Crippen LogP) is 3.08. The smallest absolute Gasteiger partial charge is 0.146 e. The van der Waals surface area contributed by atoms with Crippen LogP contribution in [0.15, 0.2) is 48.5 Å².